The number of nitrogens with one attached hydrogen (secondary N) is 1. The van der Waals surface area contributed by atoms with Crippen LogP contribution in [0, 0.1) is 0 Å². The Balaban J connectivity index is 1.95. The molecule has 0 aliphatic heterocycles. The van der Waals surface area contributed by atoms with Crippen LogP contribution in [0.15, 0.2) is 24.3 Å². The van der Waals surface area contributed by atoms with Crippen LogP contribution in [0.4, 0.5) is 5.69 Å². The van der Waals surface area contributed by atoms with E-state index in [9.17, 15) is 0 Å². The van der Waals surface area contributed by atoms with E-state index in [1.807, 2.05) is 31.3 Å². The van der Waals surface area contributed by atoms with Gasteiger partial charge < -0.3 is 5.32 Å². The normalized spacial score (nSPS) is 14.1. The Kier molecular flexibility index (Phi) is 2.92. The molecular weight excluding hydrogens is 224 g/mol. The summed E-state index contributed by atoms with van der Waals surface area (Å²) in [6.45, 7) is 0. The molecule has 0 saturated carbocycles. The molecule has 1 aliphatic carbocycles. The average Bonchev–Trinajstić information content (AvgIpc) is 2.47. The molecule has 1 N–H and O–H groups in total. The van der Waals surface area contributed by atoms with Crippen LogP contribution in [0.2, 0.25) is 0 Å². The number of hydrogen-bond acceptors (Lipinski definition) is 4. The van der Waals surface area contributed by atoms with Crippen molar-refractivity contribution in [1.29, 1.82) is 0 Å². The first kappa shape index (κ1) is 11.1. The van der Waals surface area contributed by atoms with E-state index in [1.165, 1.54) is 12.8 Å². The fraction of sp³-hybridized carbons (Fsp3) is 0.357. The summed E-state index contributed by atoms with van der Waals surface area (Å²) in [6.07, 6.45) is 4.48. The van der Waals surface area contributed by atoms with E-state index in [2.05, 4.69) is 20.5 Å². The summed E-state index contributed by atoms with van der Waals surface area (Å²) in [7, 11) is 1.91. The van der Waals surface area contributed by atoms with Crippen LogP contribution in [-0.2, 0) is 12.8 Å². The van der Waals surface area contributed by atoms with E-state index in [4.69, 9.17) is 0 Å². The minimum absolute atomic E-state index is 0.735. The molecule has 0 saturated heterocycles. The van der Waals surface area contributed by atoms with Gasteiger partial charge in [-0.2, -0.15) is 5.10 Å². The second-order valence-electron chi connectivity index (χ2n) is 4.56. The van der Waals surface area contributed by atoms with Crippen molar-refractivity contribution in [3.8, 4) is 11.4 Å². The molecule has 0 spiro atoms. The lowest BCUT2D eigenvalue weighted by molar-refractivity contribution is 0.634. The molecule has 4 heteroatoms. The number of hydrogen-bond donors (Lipinski definition) is 1. The number of benzene rings is 1. The van der Waals surface area contributed by atoms with Crippen LogP contribution >= 0.6 is 0 Å². The highest BCUT2D eigenvalue weighted by Gasteiger charge is 2.14. The number of aryl methyl sites for hydroxylation is 2. The molecule has 4 nitrogen and oxygen atoms in total. The van der Waals surface area contributed by atoms with Crippen molar-refractivity contribution in [2.45, 2.75) is 25.7 Å². The minimum atomic E-state index is 0.735. The van der Waals surface area contributed by atoms with Crippen LogP contribution in [-0.4, -0.2) is 22.2 Å². The SMILES string of the molecule is CNc1ccc(-c2nnc3c(n2)CCCC3)cc1. The summed E-state index contributed by atoms with van der Waals surface area (Å²) in [6, 6.07) is 8.10. The topological polar surface area (TPSA) is 50.7 Å². The number of aromatic nitrogens is 3. The largest absolute Gasteiger partial charge is 0.388 e. The Hall–Kier alpha value is -1.97. The third kappa shape index (κ3) is 2.06. The van der Waals surface area contributed by atoms with Gasteiger partial charge in [0.1, 0.15) is 0 Å². The molecular formula is C14H16N4. The quantitative estimate of drug-likeness (QED) is 0.876. The van der Waals surface area contributed by atoms with Crippen molar-refractivity contribution in [2.75, 3.05) is 12.4 Å². The molecule has 1 aliphatic rings. The van der Waals surface area contributed by atoms with Gasteiger partial charge in [-0.1, -0.05) is 0 Å². The predicted octanol–water partition coefficient (Wildman–Crippen LogP) is 2.46. The number of rotatable bonds is 2. The second kappa shape index (κ2) is 4.72. The Morgan fingerprint density at radius 3 is 2.39 bits per heavy atom. The van der Waals surface area contributed by atoms with Crippen LogP contribution in [0.5, 0.6) is 0 Å². The Morgan fingerprint density at radius 1 is 0.944 bits per heavy atom. The number of fused-ring (bicyclic) bond motifs is 1. The first-order valence-corrected chi connectivity index (χ1v) is 6.37. The van der Waals surface area contributed by atoms with Gasteiger partial charge in [0.2, 0.25) is 0 Å². The van der Waals surface area contributed by atoms with Gasteiger partial charge in [-0.05, 0) is 49.9 Å². The van der Waals surface area contributed by atoms with Gasteiger partial charge in [0.05, 0.1) is 11.4 Å². The highest BCUT2D eigenvalue weighted by atomic mass is 15.2. The molecule has 3 rings (SSSR count). The maximum atomic E-state index is 4.64. The van der Waals surface area contributed by atoms with Crippen LogP contribution in [0.1, 0.15) is 24.2 Å². The highest BCUT2D eigenvalue weighted by molar-refractivity contribution is 5.59. The van der Waals surface area contributed by atoms with Crippen molar-refractivity contribution in [1.82, 2.24) is 15.2 Å². The van der Waals surface area contributed by atoms with E-state index < -0.39 is 0 Å². The Morgan fingerprint density at radius 2 is 1.67 bits per heavy atom. The smallest absolute Gasteiger partial charge is 0.182 e. The van der Waals surface area contributed by atoms with Crippen LogP contribution in [0.25, 0.3) is 11.4 Å². The third-order valence-electron chi connectivity index (χ3n) is 3.35. The molecule has 0 fully saturated rings. The van der Waals surface area contributed by atoms with E-state index in [-0.39, 0.29) is 0 Å². The molecule has 1 aromatic heterocycles. The zero-order valence-electron chi connectivity index (χ0n) is 10.5. The van der Waals surface area contributed by atoms with E-state index in [0.717, 1.165) is 41.3 Å². The zero-order chi connectivity index (χ0) is 12.4. The second-order valence-corrected chi connectivity index (χ2v) is 4.56. The van der Waals surface area contributed by atoms with Gasteiger partial charge in [0, 0.05) is 18.3 Å². The van der Waals surface area contributed by atoms with Crippen molar-refractivity contribution in [3.63, 3.8) is 0 Å². The Bertz CT molecular complexity index is 548. The van der Waals surface area contributed by atoms with E-state index in [1.54, 1.807) is 0 Å². The van der Waals surface area contributed by atoms with Gasteiger partial charge in [0.15, 0.2) is 5.82 Å². The zero-order valence-corrected chi connectivity index (χ0v) is 10.5. The van der Waals surface area contributed by atoms with E-state index >= 15 is 0 Å². The summed E-state index contributed by atoms with van der Waals surface area (Å²) in [5.41, 5.74) is 4.32. The first-order valence-electron chi connectivity index (χ1n) is 6.37. The lowest BCUT2D eigenvalue weighted by Crippen LogP contribution is -2.10. The monoisotopic (exact) mass is 240 g/mol. The molecule has 1 heterocycles. The number of nitrogens with zero attached hydrogens (tertiary/aromatic N) is 3. The molecule has 0 unspecified atom stereocenters. The highest BCUT2D eigenvalue weighted by Crippen LogP contribution is 2.21. The van der Waals surface area contributed by atoms with Crippen molar-refractivity contribution in [3.05, 3.63) is 35.7 Å². The molecule has 1 aromatic carbocycles. The fourth-order valence-electron chi connectivity index (χ4n) is 2.27. The summed E-state index contributed by atoms with van der Waals surface area (Å²) < 4.78 is 0. The van der Waals surface area contributed by atoms with Crippen LogP contribution < -0.4 is 5.32 Å². The first-order chi connectivity index (χ1) is 8.86. The van der Waals surface area contributed by atoms with Crippen molar-refractivity contribution < 1.29 is 0 Å². The van der Waals surface area contributed by atoms with Gasteiger partial charge in [-0.25, -0.2) is 4.98 Å². The summed E-state index contributed by atoms with van der Waals surface area (Å²) >= 11 is 0. The minimum Gasteiger partial charge on any atom is -0.388 e. The van der Waals surface area contributed by atoms with Gasteiger partial charge in [-0.3, -0.25) is 0 Å². The lowest BCUT2D eigenvalue weighted by atomic mass is 10.0. The summed E-state index contributed by atoms with van der Waals surface area (Å²) in [5.74, 6) is 0.735. The van der Waals surface area contributed by atoms with Crippen molar-refractivity contribution in [2.24, 2.45) is 0 Å². The van der Waals surface area contributed by atoms with Gasteiger partial charge >= 0.3 is 0 Å². The van der Waals surface area contributed by atoms with Gasteiger partial charge in [-0.15, -0.1) is 5.10 Å². The van der Waals surface area contributed by atoms with Crippen molar-refractivity contribution >= 4 is 5.69 Å². The maximum Gasteiger partial charge on any atom is 0.182 e. The molecule has 0 radical (unpaired) electrons. The molecule has 0 atom stereocenters. The molecule has 92 valence electrons. The van der Waals surface area contributed by atoms with Crippen LogP contribution in [0.3, 0.4) is 0 Å². The fourth-order valence-corrected chi connectivity index (χ4v) is 2.27. The number of anilines is 1. The Labute approximate surface area is 106 Å². The molecule has 2 aromatic rings. The summed E-state index contributed by atoms with van der Waals surface area (Å²) in [4.78, 5) is 4.64. The molecule has 18 heavy (non-hydrogen) atoms. The molecule has 0 amide bonds. The third-order valence-corrected chi connectivity index (χ3v) is 3.35. The predicted molar refractivity (Wildman–Crippen MR) is 71.5 cm³/mol. The van der Waals surface area contributed by atoms with Gasteiger partial charge in [0.25, 0.3) is 0 Å². The average molecular weight is 240 g/mol. The standard InChI is InChI=1S/C14H16N4/c1-15-11-8-6-10(7-9-11)14-16-12-4-2-3-5-13(12)17-18-14/h6-9,15H,2-5H2,1H3. The lowest BCUT2D eigenvalue weighted by Gasteiger charge is -2.13. The molecule has 0 bridgehead atoms. The summed E-state index contributed by atoms with van der Waals surface area (Å²) in [5, 5.41) is 11.6. The van der Waals surface area contributed by atoms with E-state index in [0.29, 0.717) is 0 Å². The maximum absolute atomic E-state index is 4.64.